The van der Waals surface area contributed by atoms with Crippen molar-refractivity contribution in [2.24, 2.45) is 5.73 Å². The normalized spacial score (nSPS) is 16.8. The average Bonchev–Trinajstić information content (AvgIpc) is 2.53. The van der Waals surface area contributed by atoms with Gasteiger partial charge in [-0.2, -0.15) is 0 Å². The highest BCUT2D eigenvalue weighted by atomic mass is 32.1. The maximum atomic E-state index is 13.3. The first-order chi connectivity index (χ1) is 9.06. The van der Waals surface area contributed by atoms with E-state index in [-0.39, 0.29) is 16.7 Å². The van der Waals surface area contributed by atoms with Gasteiger partial charge < -0.3 is 11.1 Å². The summed E-state index contributed by atoms with van der Waals surface area (Å²) in [5.74, 6) is -0.333. The Morgan fingerprint density at radius 2 is 2.32 bits per heavy atom. The molecular weight excluding hydrogens is 265 g/mol. The Balaban J connectivity index is 2.19. The third-order valence-corrected chi connectivity index (χ3v) is 3.29. The lowest BCUT2D eigenvalue weighted by Crippen LogP contribution is -2.33. The Morgan fingerprint density at radius 1 is 1.53 bits per heavy atom. The highest BCUT2D eigenvalue weighted by molar-refractivity contribution is 7.80. The van der Waals surface area contributed by atoms with Gasteiger partial charge in [-0.05, 0) is 30.2 Å². The lowest BCUT2D eigenvalue weighted by atomic mass is 10.1. The molecule has 4 nitrogen and oxygen atoms in total. The van der Waals surface area contributed by atoms with Crippen LogP contribution >= 0.6 is 12.2 Å². The van der Waals surface area contributed by atoms with Crippen molar-refractivity contribution in [3.8, 4) is 0 Å². The molecule has 1 amide bonds. The van der Waals surface area contributed by atoms with Crippen LogP contribution in [-0.4, -0.2) is 35.4 Å². The SMILES string of the molecule is NC(=S)c1ccc(F)cc1CN1CCCNC(=O)C1. The molecule has 0 aliphatic carbocycles. The maximum Gasteiger partial charge on any atom is 0.234 e. The van der Waals surface area contributed by atoms with E-state index in [1.54, 1.807) is 6.07 Å². The summed E-state index contributed by atoms with van der Waals surface area (Å²) in [5.41, 5.74) is 7.03. The number of nitrogens with one attached hydrogen (secondary N) is 1. The minimum atomic E-state index is -0.325. The number of rotatable bonds is 3. The van der Waals surface area contributed by atoms with Crippen LogP contribution in [-0.2, 0) is 11.3 Å². The fraction of sp³-hybridized carbons (Fsp3) is 0.385. The van der Waals surface area contributed by atoms with Crippen LogP contribution in [0, 0.1) is 5.82 Å². The smallest absolute Gasteiger partial charge is 0.234 e. The Kier molecular flexibility index (Phi) is 4.44. The standard InChI is InChI=1S/C13H16FN3OS/c14-10-2-3-11(13(15)19)9(6-10)7-17-5-1-4-16-12(18)8-17/h2-3,6H,1,4-5,7-8H2,(H2,15,19)(H,16,18). The van der Waals surface area contributed by atoms with Crippen molar-refractivity contribution < 1.29 is 9.18 Å². The molecular formula is C13H16FN3OS. The molecule has 19 heavy (non-hydrogen) atoms. The largest absolute Gasteiger partial charge is 0.389 e. The van der Waals surface area contributed by atoms with Gasteiger partial charge in [0, 0.05) is 25.2 Å². The Labute approximate surface area is 116 Å². The lowest BCUT2D eigenvalue weighted by Gasteiger charge is -2.20. The second kappa shape index (κ2) is 6.08. The minimum Gasteiger partial charge on any atom is -0.389 e. The molecule has 1 aliphatic heterocycles. The minimum absolute atomic E-state index is 0.00854. The van der Waals surface area contributed by atoms with Gasteiger partial charge in [-0.25, -0.2) is 4.39 Å². The van der Waals surface area contributed by atoms with Crippen LogP contribution in [0.25, 0.3) is 0 Å². The molecule has 3 N–H and O–H groups in total. The molecule has 0 bridgehead atoms. The Bertz CT molecular complexity index is 507. The third kappa shape index (κ3) is 3.71. The van der Waals surface area contributed by atoms with Gasteiger partial charge in [-0.15, -0.1) is 0 Å². The number of amides is 1. The van der Waals surface area contributed by atoms with E-state index in [2.05, 4.69) is 5.32 Å². The van der Waals surface area contributed by atoms with Crippen LogP contribution in [0.1, 0.15) is 17.5 Å². The lowest BCUT2D eigenvalue weighted by molar-refractivity contribution is -0.121. The fourth-order valence-corrected chi connectivity index (χ4v) is 2.38. The van der Waals surface area contributed by atoms with Gasteiger partial charge in [0.15, 0.2) is 0 Å². The molecule has 6 heteroatoms. The molecule has 0 aromatic heterocycles. The molecule has 1 aromatic rings. The van der Waals surface area contributed by atoms with E-state index in [0.717, 1.165) is 18.5 Å². The van der Waals surface area contributed by atoms with Gasteiger partial charge in [0.2, 0.25) is 5.91 Å². The zero-order chi connectivity index (χ0) is 13.8. The van der Waals surface area contributed by atoms with Gasteiger partial charge in [-0.1, -0.05) is 12.2 Å². The number of thiocarbonyl (C=S) groups is 1. The first kappa shape index (κ1) is 13.9. The van der Waals surface area contributed by atoms with Crippen LogP contribution in [0.3, 0.4) is 0 Å². The molecule has 0 saturated carbocycles. The van der Waals surface area contributed by atoms with Gasteiger partial charge in [0.25, 0.3) is 0 Å². The topological polar surface area (TPSA) is 58.4 Å². The van der Waals surface area contributed by atoms with Crippen molar-refractivity contribution in [2.45, 2.75) is 13.0 Å². The van der Waals surface area contributed by atoms with Crippen molar-refractivity contribution in [1.82, 2.24) is 10.2 Å². The molecule has 102 valence electrons. The number of benzene rings is 1. The first-order valence-electron chi connectivity index (χ1n) is 6.13. The van der Waals surface area contributed by atoms with Crippen molar-refractivity contribution in [3.63, 3.8) is 0 Å². The van der Waals surface area contributed by atoms with E-state index in [0.29, 0.717) is 25.2 Å². The number of hydrogen-bond acceptors (Lipinski definition) is 3. The van der Waals surface area contributed by atoms with Crippen molar-refractivity contribution in [3.05, 3.63) is 35.1 Å². The van der Waals surface area contributed by atoms with Gasteiger partial charge in [0.05, 0.1) is 6.54 Å². The summed E-state index contributed by atoms with van der Waals surface area (Å²) in [4.78, 5) is 13.7. The van der Waals surface area contributed by atoms with Crippen molar-refractivity contribution >= 4 is 23.1 Å². The highest BCUT2D eigenvalue weighted by Crippen LogP contribution is 2.15. The summed E-state index contributed by atoms with van der Waals surface area (Å²) < 4.78 is 13.3. The average molecular weight is 281 g/mol. The molecule has 1 fully saturated rings. The molecule has 0 spiro atoms. The first-order valence-corrected chi connectivity index (χ1v) is 6.54. The molecule has 0 atom stereocenters. The summed E-state index contributed by atoms with van der Waals surface area (Å²) in [6.45, 7) is 2.25. The number of hydrogen-bond donors (Lipinski definition) is 2. The summed E-state index contributed by atoms with van der Waals surface area (Å²) in [5, 5.41) is 2.80. The third-order valence-electron chi connectivity index (χ3n) is 3.07. The van der Waals surface area contributed by atoms with E-state index in [9.17, 15) is 9.18 Å². The summed E-state index contributed by atoms with van der Waals surface area (Å²) >= 11 is 4.97. The van der Waals surface area contributed by atoms with Crippen LogP contribution in [0.15, 0.2) is 18.2 Å². The molecule has 1 heterocycles. The number of carbonyl (C=O) groups is 1. The van der Waals surface area contributed by atoms with Crippen LogP contribution < -0.4 is 11.1 Å². The van der Waals surface area contributed by atoms with Crippen LogP contribution in [0.2, 0.25) is 0 Å². The zero-order valence-electron chi connectivity index (χ0n) is 10.5. The van der Waals surface area contributed by atoms with E-state index in [4.69, 9.17) is 18.0 Å². The second-order valence-corrected chi connectivity index (χ2v) is 5.02. The molecule has 0 radical (unpaired) electrons. The van der Waals surface area contributed by atoms with Gasteiger partial charge in [0.1, 0.15) is 10.8 Å². The quantitative estimate of drug-likeness (QED) is 0.804. The molecule has 1 aliphatic rings. The number of carbonyl (C=O) groups excluding carboxylic acids is 1. The van der Waals surface area contributed by atoms with Crippen LogP contribution in [0.4, 0.5) is 4.39 Å². The monoisotopic (exact) mass is 281 g/mol. The molecule has 0 unspecified atom stereocenters. The second-order valence-electron chi connectivity index (χ2n) is 4.58. The van der Waals surface area contributed by atoms with Gasteiger partial charge >= 0.3 is 0 Å². The summed E-state index contributed by atoms with van der Waals surface area (Å²) in [7, 11) is 0. The van der Waals surface area contributed by atoms with E-state index < -0.39 is 0 Å². The molecule has 2 rings (SSSR count). The molecule has 1 saturated heterocycles. The summed E-state index contributed by atoms with van der Waals surface area (Å²) in [6, 6.07) is 4.36. The number of nitrogens with zero attached hydrogens (tertiary/aromatic N) is 1. The zero-order valence-corrected chi connectivity index (χ0v) is 11.3. The van der Waals surface area contributed by atoms with Crippen molar-refractivity contribution in [1.29, 1.82) is 0 Å². The number of halogens is 1. The predicted molar refractivity (Wildman–Crippen MR) is 75.2 cm³/mol. The Morgan fingerprint density at radius 3 is 3.05 bits per heavy atom. The van der Waals surface area contributed by atoms with E-state index in [1.807, 2.05) is 4.90 Å². The van der Waals surface area contributed by atoms with E-state index >= 15 is 0 Å². The summed E-state index contributed by atoms with van der Waals surface area (Å²) in [6.07, 6.45) is 0.878. The number of nitrogens with two attached hydrogens (primary N) is 1. The van der Waals surface area contributed by atoms with Gasteiger partial charge in [-0.3, -0.25) is 9.69 Å². The molecule has 1 aromatic carbocycles. The van der Waals surface area contributed by atoms with E-state index in [1.165, 1.54) is 12.1 Å². The predicted octanol–water partition coefficient (Wildman–Crippen LogP) is 0.782. The maximum absolute atomic E-state index is 13.3. The van der Waals surface area contributed by atoms with Crippen molar-refractivity contribution in [2.75, 3.05) is 19.6 Å². The highest BCUT2D eigenvalue weighted by Gasteiger charge is 2.17. The van der Waals surface area contributed by atoms with Crippen LogP contribution in [0.5, 0.6) is 0 Å². The Hall–Kier alpha value is -1.53. The fourth-order valence-electron chi connectivity index (χ4n) is 2.18.